The number of hydrogen-bond donors (Lipinski definition) is 0. The predicted molar refractivity (Wildman–Crippen MR) is 73.8 cm³/mol. The van der Waals surface area contributed by atoms with E-state index in [1.165, 1.54) is 0 Å². The summed E-state index contributed by atoms with van der Waals surface area (Å²) < 4.78 is 0. The predicted octanol–water partition coefficient (Wildman–Crippen LogP) is 4.70. The van der Waals surface area contributed by atoms with Gasteiger partial charge in [0.2, 0.25) is 0 Å². The van der Waals surface area contributed by atoms with Crippen LogP contribution in [0.3, 0.4) is 0 Å². The first-order chi connectivity index (χ1) is 7.65. The lowest BCUT2D eigenvalue weighted by Gasteiger charge is -2.30. The third-order valence-electron chi connectivity index (χ3n) is 3.06. The van der Waals surface area contributed by atoms with Gasteiger partial charge in [0.15, 0.2) is 0 Å². The molecular weight excluding hydrogens is 241 g/mol. The highest BCUT2D eigenvalue weighted by molar-refractivity contribution is 6.33. The number of hydrogen-bond acceptors (Lipinski definition) is 1. The molecule has 0 aliphatic rings. The van der Waals surface area contributed by atoms with Crippen LogP contribution in [-0.2, 0) is 5.88 Å². The second-order valence-corrected chi connectivity index (χ2v) is 4.64. The molecule has 0 aliphatic carbocycles. The van der Waals surface area contributed by atoms with Crippen molar-refractivity contribution < 1.29 is 0 Å². The quantitative estimate of drug-likeness (QED) is 0.693. The van der Waals surface area contributed by atoms with E-state index in [0.29, 0.717) is 11.9 Å². The summed E-state index contributed by atoms with van der Waals surface area (Å²) in [6.45, 7) is 4.39. The second kappa shape index (κ2) is 6.36. The van der Waals surface area contributed by atoms with Crippen molar-refractivity contribution in [3.05, 3.63) is 28.8 Å². The molecule has 0 spiro atoms. The average Bonchev–Trinajstić information content (AvgIpc) is 2.29. The molecule has 0 fully saturated rings. The SMILES string of the molecule is CCC(CC)N(C)c1c(Cl)cccc1CCl. The van der Waals surface area contributed by atoms with Gasteiger partial charge in [-0.1, -0.05) is 37.6 Å². The largest absolute Gasteiger partial charge is 0.370 e. The fourth-order valence-corrected chi connectivity index (χ4v) is 2.62. The van der Waals surface area contributed by atoms with Crippen molar-refractivity contribution in [2.24, 2.45) is 0 Å². The summed E-state index contributed by atoms with van der Waals surface area (Å²) in [5, 5.41) is 0.785. The molecule has 0 bridgehead atoms. The van der Waals surface area contributed by atoms with Gasteiger partial charge in [-0.15, -0.1) is 11.6 Å². The Hall–Kier alpha value is -0.400. The monoisotopic (exact) mass is 259 g/mol. The average molecular weight is 260 g/mol. The van der Waals surface area contributed by atoms with Crippen LogP contribution >= 0.6 is 23.2 Å². The van der Waals surface area contributed by atoms with Crippen molar-refractivity contribution in [2.45, 2.75) is 38.6 Å². The van der Waals surface area contributed by atoms with Gasteiger partial charge in [0.05, 0.1) is 10.7 Å². The van der Waals surface area contributed by atoms with Gasteiger partial charge in [0, 0.05) is 19.0 Å². The van der Waals surface area contributed by atoms with Gasteiger partial charge >= 0.3 is 0 Å². The van der Waals surface area contributed by atoms with Crippen molar-refractivity contribution in [1.82, 2.24) is 0 Å². The van der Waals surface area contributed by atoms with Crippen molar-refractivity contribution in [3.8, 4) is 0 Å². The Morgan fingerprint density at radius 3 is 2.38 bits per heavy atom. The van der Waals surface area contributed by atoms with Crippen LogP contribution in [0.1, 0.15) is 32.3 Å². The van der Waals surface area contributed by atoms with Crippen molar-refractivity contribution in [2.75, 3.05) is 11.9 Å². The molecule has 0 aromatic heterocycles. The van der Waals surface area contributed by atoms with Crippen LogP contribution in [0.2, 0.25) is 5.02 Å². The van der Waals surface area contributed by atoms with Gasteiger partial charge < -0.3 is 4.90 Å². The summed E-state index contributed by atoms with van der Waals surface area (Å²) in [6, 6.07) is 6.42. The number of halogens is 2. The van der Waals surface area contributed by atoms with Crippen LogP contribution in [0.5, 0.6) is 0 Å². The standard InChI is InChI=1S/C13H19Cl2N/c1-4-11(5-2)16(3)13-10(9-14)7-6-8-12(13)15/h6-8,11H,4-5,9H2,1-3H3. The highest BCUT2D eigenvalue weighted by Gasteiger charge is 2.16. The lowest BCUT2D eigenvalue weighted by Crippen LogP contribution is -2.31. The molecule has 1 nitrogen and oxygen atoms in total. The van der Waals surface area contributed by atoms with Gasteiger partial charge in [0.25, 0.3) is 0 Å². The number of anilines is 1. The minimum absolute atomic E-state index is 0.500. The molecular formula is C13H19Cl2N. The van der Waals surface area contributed by atoms with Gasteiger partial charge in [-0.25, -0.2) is 0 Å². The second-order valence-electron chi connectivity index (χ2n) is 3.96. The summed E-state index contributed by atoms with van der Waals surface area (Å²) >= 11 is 12.2. The van der Waals surface area contributed by atoms with E-state index in [0.717, 1.165) is 29.1 Å². The van der Waals surface area contributed by atoms with Crippen LogP contribution in [0.4, 0.5) is 5.69 Å². The summed E-state index contributed by atoms with van der Waals surface area (Å²) in [5.74, 6) is 0.500. The molecule has 0 saturated carbocycles. The Morgan fingerprint density at radius 1 is 1.25 bits per heavy atom. The molecule has 0 radical (unpaired) electrons. The fraction of sp³-hybridized carbons (Fsp3) is 0.538. The number of rotatable bonds is 5. The molecule has 1 aromatic carbocycles. The smallest absolute Gasteiger partial charge is 0.0642 e. The topological polar surface area (TPSA) is 3.24 Å². The minimum Gasteiger partial charge on any atom is -0.370 e. The number of para-hydroxylation sites is 1. The van der Waals surface area contributed by atoms with E-state index in [9.17, 15) is 0 Å². The third-order valence-corrected chi connectivity index (χ3v) is 3.65. The first-order valence-electron chi connectivity index (χ1n) is 5.71. The van der Waals surface area contributed by atoms with E-state index in [-0.39, 0.29) is 0 Å². The lowest BCUT2D eigenvalue weighted by atomic mass is 10.1. The Bertz CT molecular complexity index is 335. The van der Waals surface area contributed by atoms with E-state index in [2.05, 4.69) is 25.8 Å². The molecule has 0 heterocycles. The van der Waals surface area contributed by atoms with E-state index >= 15 is 0 Å². The molecule has 3 heteroatoms. The molecule has 1 aromatic rings. The first kappa shape index (κ1) is 13.7. The van der Waals surface area contributed by atoms with E-state index < -0.39 is 0 Å². The zero-order valence-corrected chi connectivity index (χ0v) is 11.6. The Balaban J connectivity index is 3.10. The van der Waals surface area contributed by atoms with Gasteiger partial charge in [-0.2, -0.15) is 0 Å². The normalized spacial score (nSPS) is 10.9. The van der Waals surface area contributed by atoms with E-state index in [4.69, 9.17) is 23.2 Å². The molecule has 0 saturated heterocycles. The molecule has 0 aliphatic heterocycles. The van der Waals surface area contributed by atoms with Crippen molar-refractivity contribution in [3.63, 3.8) is 0 Å². The maximum atomic E-state index is 6.26. The Morgan fingerprint density at radius 2 is 1.88 bits per heavy atom. The van der Waals surface area contributed by atoms with Gasteiger partial charge in [-0.3, -0.25) is 0 Å². The highest BCUT2D eigenvalue weighted by Crippen LogP contribution is 2.32. The molecule has 90 valence electrons. The maximum Gasteiger partial charge on any atom is 0.0642 e. The summed E-state index contributed by atoms with van der Waals surface area (Å²) in [7, 11) is 2.09. The van der Waals surface area contributed by atoms with Crippen LogP contribution in [0.15, 0.2) is 18.2 Å². The van der Waals surface area contributed by atoms with Crippen LogP contribution in [-0.4, -0.2) is 13.1 Å². The fourth-order valence-electron chi connectivity index (χ4n) is 2.08. The molecule has 0 atom stereocenters. The summed E-state index contributed by atoms with van der Waals surface area (Å²) in [5.41, 5.74) is 2.18. The van der Waals surface area contributed by atoms with Gasteiger partial charge in [0.1, 0.15) is 0 Å². The molecule has 16 heavy (non-hydrogen) atoms. The zero-order valence-electron chi connectivity index (χ0n) is 10.1. The summed E-state index contributed by atoms with van der Waals surface area (Å²) in [4.78, 5) is 2.25. The molecule has 0 N–H and O–H groups in total. The van der Waals surface area contributed by atoms with Crippen LogP contribution in [0, 0.1) is 0 Å². The number of benzene rings is 1. The van der Waals surface area contributed by atoms with Crippen molar-refractivity contribution >= 4 is 28.9 Å². The van der Waals surface area contributed by atoms with Crippen LogP contribution in [0.25, 0.3) is 0 Å². The summed E-state index contributed by atoms with van der Waals surface area (Å²) in [6.07, 6.45) is 2.22. The maximum absolute atomic E-state index is 6.26. The number of nitrogens with zero attached hydrogens (tertiary/aromatic N) is 1. The number of alkyl halides is 1. The molecule has 0 amide bonds. The minimum atomic E-state index is 0.500. The third kappa shape index (κ3) is 2.83. The van der Waals surface area contributed by atoms with Crippen LogP contribution < -0.4 is 4.90 Å². The Kier molecular flexibility index (Phi) is 5.43. The zero-order chi connectivity index (χ0) is 12.1. The van der Waals surface area contributed by atoms with E-state index in [1.807, 2.05) is 18.2 Å². The molecule has 1 rings (SSSR count). The van der Waals surface area contributed by atoms with Crippen molar-refractivity contribution in [1.29, 1.82) is 0 Å². The van der Waals surface area contributed by atoms with E-state index in [1.54, 1.807) is 0 Å². The lowest BCUT2D eigenvalue weighted by molar-refractivity contribution is 0.590. The Labute approximate surface area is 108 Å². The molecule has 0 unspecified atom stereocenters. The van der Waals surface area contributed by atoms with Gasteiger partial charge in [-0.05, 0) is 24.5 Å². The highest BCUT2D eigenvalue weighted by atomic mass is 35.5. The first-order valence-corrected chi connectivity index (χ1v) is 6.63.